The van der Waals surface area contributed by atoms with Gasteiger partial charge in [0, 0.05) is 5.57 Å². The minimum absolute atomic E-state index is 0.200. The second-order valence-corrected chi connectivity index (χ2v) is 3.43. The van der Waals surface area contributed by atoms with Gasteiger partial charge in [-0.25, -0.2) is 4.79 Å². The van der Waals surface area contributed by atoms with Crippen molar-refractivity contribution in [3.05, 3.63) is 47.5 Å². The molecule has 2 nitrogen and oxygen atoms in total. The second-order valence-electron chi connectivity index (χ2n) is 3.43. The summed E-state index contributed by atoms with van der Waals surface area (Å²) in [7, 11) is 0. The molecular weight excluding hydrogens is 188 g/mol. The molecular formula is C13H16O2. The Bertz CT molecular complexity index is 352. The van der Waals surface area contributed by atoms with Crippen molar-refractivity contribution >= 4 is 5.97 Å². The molecule has 0 fully saturated rings. The maximum Gasteiger partial charge on any atom is 0.333 e. The summed E-state index contributed by atoms with van der Waals surface area (Å²) in [5, 5.41) is 0. The molecule has 0 aliphatic rings. The molecule has 0 N–H and O–H groups in total. The van der Waals surface area contributed by atoms with Gasteiger partial charge in [-0.2, -0.15) is 0 Å². The summed E-state index contributed by atoms with van der Waals surface area (Å²) in [5.74, 6) is -0.256. The van der Waals surface area contributed by atoms with Gasteiger partial charge in [-0.1, -0.05) is 36.4 Å². The fourth-order valence-electron chi connectivity index (χ4n) is 1.16. The molecule has 0 bridgehead atoms. The quantitative estimate of drug-likeness (QED) is 0.558. The molecule has 1 aromatic carbocycles. The first-order valence-corrected chi connectivity index (χ1v) is 5.04. The van der Waals surface area contributed by atoms with Crippen molar-refractivity contribution in [1.29, 1.82) is 0 Å². The maximum atomic E-state index is 11.5. The van der Waals surface area contributed by atoms with Crippen molar-refractivity contribution in [2.24, 2.45) is 0 Å². The number of hydrogen-bond donors (Lipinski definition) is 0. The van der Waals surface area contributed by atoms with E-state index in [0.717, 1.165) is 5.56 Å². The van der Waals surface area contributed by atoms with E-state index < -0.39 is 0 Å². The minimum atomic E-state index is -0.256. The molecule has 1 rings (SSSR count). The molecule has 80 valence electrons. The third-order valence-corrected chi connectivity index (χ3v) is 2.31. The van der Waals surface area contributed by atoms with Crippen LogP contribution in [0.1, 0.15) is 32.4 Å². The van der Waals surface area contributed by atoms with E-state index >= 15 is 0 Å². The van der Waals surface area contributed by atoms with Crippen LogP contribution in [0, 0.1) is 0 Å². The van der Waals surface area contributed by atoms with Crippen LogP contribution in [0.15, 0.2) is 42.0 Å². The molecule has 0 aliphatic carbocycles. The van der Waals surface area contributed by atoms with Gasteiger partial charge in [0.2, 0.25) is 0 Å². The fourth-order valence-corrected chi connectivity index (χ4v) is 1.16. The summed E-state index contributed by atoms with van der Waals surface area (Å²) < 4.78 is 5.28. The summed E-state index contributed by atoms with van der Waals surface area (Å²) in [6.07, 6.45) is 1.55. The lowest BCUT2D eigenvalue weighted by atomic mass is 10.1. The molecule has 0 spiro atoms. The lowest BCUT2D eigenvalue weighted by Gasteiger charge is -2.13. The van der Waals surface area contributed by atoms with Gasteiger partial charge in [0.25, 0.3) is 0 Å². The molecule has 0 heterocycles. The SMILES string of the molecule is C/C=C(\C)C(=O)OC(C)c1ccccc1. The van der Waals surface area contributed by atoms with Gasteiger partial charge in [0.05, 0.1) is 0 Å². The number of benzene rings is 1. The number of allylic oxidation sites excluding steroid dienone is 1. The molecule has 15 heavy (non-hydrogen) atoms. The first kappa shape index (κ1) is 11.5. The van der Waals surface area contributed by atoms with E-state index in [9.17, 15) is 4.79 Å². The molecule has 0 aromatic heterocycles. The zero-order valence-corrected chi connectivity index (χ0v) is 9.36. The van der Waals surface area contributed by atoms with Crippen LogP contribution in [-0.4, -0.2) is 5.97 Å². The van der Waals surface area contributed by atoms with E-state index in [4.69, 9.17) is 4.74 Å². The standard InChI is InChI=1S/C13H16O2/c1-4-10(2)13(14)15-11(3)12-8-6-5-7-9-12/h4-9,11H,1-3H3/b10-4+. The average Bonchev–Trinajstić information content (AvgIpc) is 2.29. The van der Waals surface area contributed by atoms with Crippen molar-refractivity contribution in [3.8, 4) is 0 Å². The van der Waals surface area contributed by atoms with Crippen molar-refractivity contribution in [1.82, 2.24) is 0 Å². The monoisotopic (exact) mass is 204 g/mol. The molecule has 2 heteroatoms. The highest BCUT2D eigenvalue weighted by molar-refractivity contribution is 5.87. The molecule has 1 atom stereocenters. The van der Waals surface area contributed by atoms with Gasteiger partial charge < -0.3 is 4.74 Å². The number of rotatable bonds is 3. The Balaban J connectivity index is 2.65. The predicted octanol–water partition coefficient (Wildman–Crippen LogP) is 3.26. The van der Waals surface area contributed by atoms with Crippen LogP contribution in [0.2, 0.25) is 0 Å². The topological polar surface area (TPSA) is 26.3 Å². The van der Waals surface area contributed by atoms with E-state index in [-0.39, 0.29) is 12.1 Å². The lowest BCUT2D eigenvalue weighted by molar-refractivity contribution is -0.143. The normalized spacial score (nSPS) is 13.4. The third kappa shape index (κ3) is 3.24. The van der Waals surface area contributed by atoms with Gasteiger partial charge in [-0.15, -0.1) is 0 Å². The van der Waals surface area contributed by atoms with Crippen molar-refractivity contribution in [2.45, 2.75) is 26.9 Å². The summed E-state index contributed by atoms with van der Waals surface area (Å²) in [6, 6.07) is 9.70. The summed E-state index contributed by atoms with van der Waals surface area (Å²) in [4.78, 5) is 11.5. The van der Waals surface area contributed by atoms with Crippen molar-refractivity contribution in [3.63, 3.8) is 0 Å². The van der Waals surface area contributed by atoms with Crippen LogP contribution in [0.5, 0.6) is 0 Å². The lowest BCUT2D eigenvalue weighted by Crippen LogP contribution is -2.09. The Morgan fingerprint density at radius 1 is 1.33 bits per heavy atom. The smallest absolute Gasteiger partial charge is 0.333 e. The van der Waals surface area contributed by atoms with Gasteiger partial charge in [0.1, 0.15) is 6.10 Å². The minimum Gasteiger partial charge on any atom is -0.454 e. The van der Waals surface area contributed by atoms with E-state index in [1.165, 1.54) is 0 Å². The number of carbonyl (C=O) groups is 1. The summed E-state index contributed by atoms with van der Waals surface area (Å²) in [6.45, 7) is 5.44. The number of esters is 1. The average molecular weight is 204 g/mol. The first-order chi connectivity index (χ1) is 7.15. The molecule has 0 amide bonds. The van der Waals surface area contributed by atoms with E-state index in [0.29, 0.717) is 5.57 Å². The zero-order chi connectivity index (χ0) is 11.3. The van der Waals surface area contributed by atoms with Crippen LogP contribution in [0.3, 0.4) is 0 Å². The van der Waals surface area contributed by atoms with Crippen LogP contribution < -0.4 is 0 Å². The molecule has 0 aliphatic heterocycles. The summed E-state index contributed by atoms with van der Waals surface area (Å²) in [5.41, 5.74) is 1.65. The highest BCUT2D eigenvalue weighted by Crippen LogP contribution is 2.17. The van der Waals surface area contributed by atoms with E-state index in [1.54, 1.807) is 13.0 Å². The van der Waals surface area contributed by atoms with Crippen LogP contribution in [0.4, 0.5) is 0 Å². The Hall–Kier alpha value is -1.57. The summed E-state index contributed by atoms with van der Waals surface area (Å²) >= 11 is 0. The molecule has 0 saturated carbocycles. The number of ether oxygens (including phenoxy) is 1. The largest absolute Gasteiger partial charge is 0.454 e. The molecule has 0 radical (unpaired) electrons. The van der Waals surface area contributed by atoms with Crippen LogP contribution in [-0.2, 0) is 9.53 Å². The number of hydrogen-bond acceptors (Lipinski definition) is 2. The van der Waals surface area contributed by atoms with Gasteiger partial charge in [-0.3, -0.25) is 0 Å². The maximum absolute atomic E-state index is 11.5. The van der Waals surface area contributed by atoms with Crippen LogP contribution in [0.25, 0.3) is 0 Å². The Morgan fingerprint density at radius 2 is 1.93 bits per heavy atom. The first-order valence-electron chi connectivity index (χ1n) is 5.04. The van der Waals surface area contributed by atoms with Gasteiger partial charge in [0.15, 0.2) is 0 Å². The van der Waals surface area contributed by atoms with E-state index in [2.05, 4.69) is 0 Å². The molecule has 0 saturated heterocycles. The second kappa shape index (κ2) is 5.35. The zero-order valence-electron chi connectivity index (χ0n) is 9.36. The highest BCUT2D eigenvalue weighted by atomic mass is 16.5. The Morgan fingerprint density at radius 3 is 2.47 bits per heavy atom. The van der Waals surface area contributed by atoms with E-state index in [1.807, 2.05) is 44.2 Å². The Labute approximate surface area is 90.6 Å². The van der Waals surface area contributed by atoms with Crippen molar-refractivity contribution in [2.75, 3.05) is 0 Å². The highest BCUT2D eigenvalue weighted by Gasteiger charge is 2.11. The molecule has 1 unspecified atom stereocenters. The molecule has 1 aromatic rings. The third-order valence-electron chi connectivity index (χ3n) is 2.31. The Kier molecular flexibility index (Phi) is 4.10. The number of carbonyl (C=O) groups excluding carboxylic acids is 1. The van der Waals surface area contributed by atoms with Crippen molar-refractivity contribution < 1.29 is 9.53 Å². The van der Waals surface area contributed by atoms with Crippen LogP contribution >= 0.6 is 0 Å². The fraction of sp³-hybridized carbons (Fsp3) is 0.308. The van der Waals surface area contributed by atoms with Gasteiger partial charge in [-0.05, 0) is 26.3 Å². The van der Waals surface area contributed by atoms with Gasteiger partial charge >= 0.3 is 5.97 Å². The predicted molar refractivity (Wildman–Crippen MR) is 60.4 cm³/mol.